The average molecular weight is 334 g/mol. The fourth-order valence-electron chi connectivity index (χ4n) is 3.06. The molecule has 1 aliphatic rings. The zero-order chi connectivity index (χ0) is 17.2. The normalized spacial score (nSPS) is 17.6. The van der Waals surface area contributed by atoms with Gasteiger partial charge in [-0.25, -0.2) is 9.97 Å². The number of nitrogens with one attached hydrogen (secondary N) is 1. The second kappa shape index (κ2) is 6.45. The maximum atomic E-state index is 11.6. The van der Waals surface area contributed by atoms with Crippen LogP contribution in [0, 0.1) is 0 Å². The lowest BCUT2D eigenvalue weighted by Gasteiger charge is -2.33. The van der Waals surface area contributed by atoms with Gasteiger partial charge in [-0.05, 0) is 24.3 Å². The van der Waals surface area contributed by atoms with Crippen LogP contribution >= 0.6 is 0 Å². The van der Waals surface area contributed by atoms with E-state index in [-0.39, 0.29) is 11.9 Å². The third kappa shape index (κ3) is 3.01. The predicted octanol–water partition coefficient (Wildman–Crippen LogP) is 0.955. The summed E-state index contributed by atoms with van der Waals surface area (Å²) in [7, 11) is 0. The van der Waals surface area contributed by atoms with Crippen LogP contribution in [0.3, 0.4) is 0 Å². The van der Waals surface area contributed by atoms with Gasteiger partial charge in [-0.2, -0.15) is 0 Å². The number of primary amides is 1. The lowest BCUT2D eigenvalue weighted by Crippen LogP contribution is -2.56. The molecule has 0 saturated carbocycles. The molecule has 0 spiro atoms. The number of para-hydroxylation sites is 1. The Balaban J connectivity index is 1.83. The van der Waals surface area contributed by atoms with E-state index in [0.717, 1.165) is 28.8 Å². The van der Waals surface area contributed by atoms with Gasteiger partial charge in [0.1, 0.15) is 11.9 Å². The Labute approximate surface area is 144 Å². The van der Waals surface area contributed by atoms with Crippen LogP contribution in [-0.4, -0.2) is 46.5 Å². The molecule has 0 radical (unpaired) electrons. The first kappa shape index (κ1) is 15.5. The molecule has 4 rings (SSSR count). The monoisotopic (exact) mass is 334 g/mol. The highest BCUT2D eigenvalue weighted by Gasteiger charge is 2.26. The maximum Gasteiger partial charge on any atom is 0.236 e. The molecule has 1 aliphatic heterocycles. The molecule has 3 N–H and O–H groups in total. The molecule has 3 heterocycles. The average Bonchev–Trinajstić information content (AvgIpc) is 2.68. The van der Waals surface area contributed by atoms with Crippen LogP contribution in [0.1, 0.15) is 0 Å². The van der Waals surface area contributed by atoms with Gasteiger partial charge in [0.2, 0.25) is 5.91 Å². The number of anilines is 1. The van der Waals surface area contributed by atoms with Gasteiger partial charge in [-0.15, -0.1) is 0 Å². The Bertz CT molecular complexity index is 914. The summed E-state index contributed by atoms with van der Waals surface area (Å²) in [5.41, 5.74) is 7.25. The summed E-state index contributed by atoms with van der Waals surface area (Å²) in [5, 5.41) is 4.11. The summed E-state index contributed by atoms with van der Waals surface area (Å²) in [6.45, 7) is 1.92. The summed E-state index contributed by atoms with van der Waals surface area (Å²) in [4.78, 5) is 27.2. The van der Waals surface area contributed by atoms with Crippen molar-refractivity contribution in [3.63, 3.8) is 0 Å². The minimum atomic E-state index is -0.383. The number of nitrogens with two attached hydrogens (primary N) is 1. The number of hydrogen-bond acceptors (Lipinski definition) is 6. The molecule has 7 nitrogen and oxygen atoms in total. The number of hydrogen-bond donors (Lipinski definition) is 2. The number of nitrogens with zero attached hydrogens (tertiary/aromatic N) is 4. The molecule has 0 bridgehead atoms. The summed E-state index contributed by atoms with van der Waals surface area (Å²) < 4.78 is 0. The number of carbonyl (C=O) groups excluding carboxylic acids is 1. The van der Waals surface area contributed by atoms with Crippen LogP contribution < -0.4 is 16.0 Å². The molecule has 2 aromatic heterocycles. The highest BCUT2D eigenvalue weighted by molar-refractivity contribution is 5.91. The van der Waals surface area contributed by atoms with Gasteiger partial charge in [-0.1, -0.05) is 12.1 Å². The van der Waals surface area contributed by atoms with E-state index >= 15 is 0 Å². The molecule has 1 aromatic carbocycles. The summed E-state index contributed by atoms with van der Waals surface area (Å²) in [5.74, 6) is 1.12. The maximum absolute atomic E-state index is 11.6. The Morgan fingerprint density at radius 3 is 2.76 bits per heavy atom. The number of amides is 1. The van der Waals surface area contributed by atoms with Crippen LogP contribution in [0.5, 0.6) is 0 Å². The molecule has 126 valence electrons. The van der Waals surface area contributed by atoms with E-state index in [1.807, 2.05) is 36.4 Å². The van der Waals surface area contributed by atoms with Crippen molar-refractivity contribution >= 4 is 22.6 Å². The van der Waals surface area contributed by atoms with Crippen molar-refractivity contribution in [1.29, 1.82) is 0 Å². The van der Waals surface area contributed by atoms with Crippen LogP contribution in [0.25, 0.3) is 22.3 Å². The zero-order valence-electron chi connectivity index (χ0n) is 13.6. The van der Waals surface area contributed by atoms with Crippen LogP contribution in [-0.2, 0) is 4.79 Å². The summed E-state index contributed by atoms with van der Waals surface area (Å²) >= 11 is 0. The highest BCUT2D eigenvalue weighted by Crippen LogP contribution is 2.27. The lowest BCUT2D eigenvalue weighted by molar-refractivity contribution is -0.120. The summed E-state index contributed by atoms with van der Waals surface area (Å²) in [6, 6.07) is 11.3. The quantitative estimate of drug-likeness (QED) is 0.740. The van der Waals surface area contributed by atoms with Crippen molar-refractivity contribution in [1.82, 2.24) is 20.3 Å². The van der Waals surface area contributed by atoms with Gasteiger partial charge in [0.25, 0.3) is 0 Å². The van der Waals surface area contributed by atoms with Gasteiger partial charge < -0.3 is 16.0 Å². The Morgan fingerprint density at radius 2 is 1.96 bits per heavy atom. The van der Waals surface area contributed by atoms with Crippen LogP contribution in [0.15, 0.2) is 48.8 Å². The lowest BCUT2D eigenvalue weighted by atomic mass is 10.1. The molecule has 7 heteroatoms. The number of benzene rings is 1. The zero-order valence-corrected chi connectivity index (χ0v) is 13.6. The number of rotatable bonds is 3. The van der Waals surface area contributed by atoms with Gasteiger partial charge in [0.15, 0.2) is 5.82 Å². The minimum Gasteiger partial charge on any atom is -0.368 e. The van der Waals surface area contributed by atoms with E-state index in [4.69, 9.17) is 10.7 Å². The predicted molar refractivity (Wildman–Crippen MR) is 96.0 cm³/mol. The molecule has 1 atom stereocenters. The topological polar surface area (TPSA) is 97.0 Å². The number of carbonyl (C=O) groups is 1. The Kier molecular flexibility index (Phi) is 3.99. The number of aromatic nitrogens is 3. The van der Waals surface area contributed by atoms with Crippen LogP contribution in [0.2, 0.25) is 0 Å². The minimum absolute atomic E-state index is 0.350. The molecule has 1 saturated heterocycles. The fourth-order valence-corrected chi connectivity index (χ4v) is 3.06. The van der Waals surface area contributed by atoms with Gasteiger partial charge in [0, 0.05) is 43.0 Å². The molecule has 3 aromatic rings. The highest BCUT2D eigenvalue weighted by atomic mass is 16.1. The first-order valence-electron chi connectivity index (χ1n) is 8.17. The van der Waals surface area contributed by atoms with Crippen molar-refractivity contribution in [3.8, 4) is 11.4 Å². The van der Waals surface area contributed by atoms with E-state index in [2.05, 4.69) is 20.2 Å². The number of piperazine rings is 1. The second-order valence-electron chi connectivity index (χ2n) is 5.98. The summed E-state index contributed by atoms with van der Waals surface area (Å²) in [6.07, 6.45) is 3.45. The number of pyridine rings is 1. The van der Waals surface area contributed by atoms with Crippen molar-refractivity contribution in [3.05, 3.63) is 48.8 Å². The van der Waals surface area contributed by atoms with E-state index in [1.165, 1.54) is 0 Å². The molecule has 1 unspecified atom stereocenters. The van der Waals surface area contributed by atoms with Crippen molar-refractivity contribution in [2.45, 2.75) is 6.04 Å². The standard InChI is InChI=1S/C18H18N6O/c19-16(25)15-11-24(10-9-21-15)18-13-3-1-2-4-14(13)22-17(23-18)12-5-7-20-8-6-12/h1-8,15,21H,9-11H2,(H2,19,25). The van der Waals surface area contributed by atoms with Gasteiger partial charge >= 0.3 is 0 Å². The number of fused-ring (bicyclic) bond motifs is 1. The third-order valence-electron chi connectivity index (χ3n) is 4.34. The van der Waals surface area contributed by atoms with Crippen molar-refractivity contribution < 1.29 is 4.79 Å². The van der Waals surface area contributed by atoms with E-state index in [1.54, 1.807) is 12.4 Å². The van der Waals surface area contributed by atoms with Crippen LogP contribution in [0.4, 0.5) is 5.82 Å². The second-order valence-corrected chi connectivity index (χ2v) is 5.98. The SMILES string of the molecule is NC(=O)C1CN(c2nc(-c3ccncc3)nc3ccccc23)CCN1. The fraction of sp³-hybridized carbons (Fsp3) is 0.222. The van der Waals surface area contributed by atoms with Crippen molar-refractivity contribution in [2.75, 3.05) is 24.5 Å². The van der Waals surface area contributed by atoms with E-state index < -0.39 is 0 Å². The Morgan fingerprint density at radius 1 is 1.16 bits per heavy atom. The van der Waals surface area contributed by atoms with E-state index in [9.17, 15) is 4.79 Å². The third-order valence-corrected chi connectivity index (χ3v) is 4.34. The first-order chi connectivity index (χ1) is 12.2. The first-order valence-corrected chi connectivity index (χ1v) is 8.17. The molecule has 0 aliphatic carbocycles. The van der Waals surface area contributed by atoms with Gasteiger partial charge in [-0.3, -0.25) is 9.78 Å². The van der Waals surface area contributed by atoms with Crippen molar-refractivity contribution in [2.24, 2.45) is 5.73 Å². The molecule has 1 fully saturated rings. The molecular weight excluding hydrogens is 316 g/mol. The molecule has 1 amide bonds. The van der Waals surface area contributed by atoms with E-state index in [0.29, 0.717) is 18.9 Å². The molecule has 25 heavy (non-hydrogen) atoms. The Hall–Kier alpha value is -3.06. The van der Waals surface area contributed by atoms with Gasteiger partial charge in [0.05, 0.1) is 5.52 Å². The molecular formula is C18H18N6O. The largest absolute Gasteiger partial charge is 0.368 e. The smallest absolute Gasteiger partial charge is 0.236 e.